The number of carbonyl (C=O) groups excluding carboxylic acids is 2. The lowest BCUT2D eigenvalue weighted by Crippen LogP contribution is -2.45. The third-order valence-corrected chi connectivity index (χ3v) is 6.29. The molecule has 1 saturated heterocycles. The molecular formula is C22H27N9O2. The highest BCUT2D eigenvalue weighted by atomic mass is 16.2. The maximum atomic E-state index is 12.8. The van der Waals surface area contributed by atoms with Gasteiger partial charge >= 0.3 is 0 Å². The second-order valence-electron chi connectivity index (χ2n) is 8.56. The van der Waals surface area contributed by atoms with E-state index < -0.39 is 6.04 Å². The topological polar surface area (TPSA) is 131 Å². The van der Waals surface area contributed by atoms with E-state index in [1.807, 2.05) is 18.4 Å². The monoisotopic (exact) mass is 449 g/mol. The van der Waals surface area contributed by atoms with Crippen LogP contribution in [0.1, 0.15) is 32.0 Å². The third-order valence-electron chi connectivity index (χ3n) is 6.29. The van der Waals surface area contributed by atoms with Gasteiger partial charge in [-0.3, -0.25) is 9.59 Å². The predicted octanol–water partition coefficient (Wildman–Crippen LogP) is 1.15. The molecule has 2 aliphatic rings. The third kappa shape index (κ3) is 3.87. The van der Waals surface area contributed by atoms with Gasteiger partial charge in [0.25, 0.3) is 0 Å². The number of hydrogen-bond donors (Lipinski definition) is 2. The first-order valence-corrected chi connectivity index (χ1v) is 11.3. The Morgan fingerprint density at radius 3 is 2.58 bits per heavy atom. The Balaban J connectivity index is 1.46. The molecule has 3 aromatic heterocycles. The Kier molecular flexibility index (Phi) is 5.39. The number of aryl methyl sites for hydroxylation is 2. The number of aromatic nitrogens is 6. The number of hydrogen-bond acceptors (Lipinski definition) is 8. The van der Waals surface area contributed by atoms with Crippen molar-refractivity contribution in [3.63, 3.8) is 0 Å². The fourth-order valence-corrected chi connectivity index (χ4v) is 4.43. The zero-order valence-corrected chi connectivity index (χ0v) is 18.9. The number of imidazole rings is 1. The molecule has 2 amide bonds. The lowest BCUT2D eigenvalue weighted by Gasteiger charge is -2.23. The highest BCUT2D eigenvalue weighted by Crippen LogP contribution is 2.35. The SMILES string of the molecule is CCn1c(-c2cnc(C)nc2)nc2c(NC3C[C@H](C(=O)NC)N(C(=O)C4CC4)C3)ncnc21. The summed E-state index contributed by atoms with van der Waals surface area (Å²) in [4.78, 5) is 49.3. The summed E-state index contributed by atoms with van der Waals surface area (Å²) in [6.07, 6.45) is 7.33. The molecule has 172 valence electrons. The van der Waals surface area contributed by atoms with Crippen molar-refractivity contribution in [1.29, 1.82) is 0 Å². The summed E-state index contributed by atoms with van der Waals surface area (Å²) >= 11 is 0. The van der Waals surface area contributed by atoms with Gasteiger partial charge in [-0.1, -0.05) is 0 Å². The highest BCUT2D eigenvalue weighted by molar-refractivity contribution is 5.90. The number of likely N-dealkylation sites (N-methyl/N-ethyl adjacent to an activating group) is 1. The van der Waals surface area contributed by atoms with Crippen molar-refractivity contribution in [2.75, 3.05) is 18.9 Å². The maximum Gasteiger partial charge on any atom is 0.242 e. The van der Waals surface area contributed by atoms with Crippen molar-refractivity contribution in [3.8, 4) is 11.4 Å². The van der Waals surface area contributed by atoms with Crippen LogP contribution in [-0.4, -0.2) is 71.9 Å². The van der Waals surface area contributed by atoms with Gasteiger partial charge in [0, 0.05) is 44.5 Å². The van der Waals surface area contributed by atoms with Gasteiger partial charge in [-0.05, 0) is 33.1 Å². The van der Waals surface area contributed by atoms with Crippen LogP contribution in [0.4, 0.5) is 5.82 Å². The number of likely N-dealkylation sites (tertiary alicyclic amines) is 1. The van der Waals surface area contributed by atoms with Gasteiger partial charge in [-0.25, -0.2) is 24.9 Å². The molecule has 1 unspecified atom stereocenters. The van der Waals surface area contributed by atoms with Gasteiger partial charge in [0.1, 0.15) is 24.0 Å². The average molecular weight is 450 g/mol. The minimum atomic E-state index is -0.480. The maximum absolute atomic E-state index is 12.8. The molecule has 2 atom stereocenters. The van der Waals surface area contributed by atoms with Crippen molar-refractivity contribution >= 4 is 28.8 Å². The van der Waals surface area contributed by atoms with Crippen LogP contribution in [0, 0.1) is 12.8 Å². The second-order valence-corrected chi connectivity index (χ2v) is 8.56. The molecule has 1 aliphatic carbocycles. The van der Waals surface area contributed by atoms with Crippen LogP contribution >= 0.6 is 0 Å². The first-order chi connectivity index (χ1) is 16.0. The number of rotatable bonds is 6. The number of fused-ring (bicyclic) bond motifs is 1. The van der Waals surface area contributed by atoms with Crippen LogP contribution < -0.4 is 10.6 Å². The standard InChI is InChI=1S/C22H27N9O2/c1-4-30-19(14-8-24-12(2)25-9-14)29-17-18(26-11-27-20(17)30)28-15-7-16(21(32)23-3)31(10-15)22(33)13-5-6-13/h8-9,11,13,15-16H,4-7,10H2,1-3H3,(H,23,32)(H,26,27,28)/t15?,16-/m1/s1. The van der Waals surface area contributed by atoms with Crippen molar-refractivity contribution < 1.29 is 9.59 Å². The van der Waals surface area contributed by atoms with E-state index in [4.69, 9.17) is 4.98 Å². The van der Waals surface area contributed by atoms with E-state index in [0.29, 0.717) is 42.3 Å². The van der Waals surface area contributed by atoms with Crippen LogP contribution in [0.25, 0.3) is 22.6 Å². The molecule has 0 radical (unpaired) electrons. The van der Waals surface area contributed by atoms with Crippen LogP contribution in [0.15, 0.2) is 18.7 Å². The van der Waals surface area contributed by atoms with E-state index in [1.54, 1.807) is 24.3 Å². The molecule has 1 aliphatic heterocycles. The average Bonchev–Trinajstić information content (AvgIpc) is 3.48. The molecule has 4 heterocycles. The van der Waals surface area contributed by atoms with Gasteiger partial charge in [0.15, 0.2) is 17.0 Å². The van der Waals surface area contributed by atoms with E-state index in [1.165, 1.54) is 6.33 Å². The number of amides is 2. The smallest absolute Gasteiger partial charge is 0.242 e. The van der Waals surface area contributed by atoms with E-state index in [2.05, 4.69) is 30.6 Å². The van der Waals surface area contributed by atoms with Crippen molar-refractivity contribution in [2.24, 2.45) is 5.92 Å². The number of nitrogens with zero attached hydrogens (tertiary/aromatic N) is 7. The lowest BCUT2D eigenvalue weighted by atomic mass is 10.1. The normalized spacial score (nSPS) is 20.3. The largest absolute Gasteiger partial charge is 0.363 e. The molecule has 3 aromatic rings. The molecule has 5 rings (SSSR count). The first-order valence-electron chi connectivity index (χ1n) is 11.3. The Bertz CT molecular complexity index is 1200. The highest BCUT2D eigenvalue weighted by Gasteiger charge is 2.44. The predicted molar refractivity (Wildman–Crippen MR) is 121 cm³/mol. The molecule has 0 aromatic carbocycles. The Morgan fingerprint density at radius 1 is 1.15 bits per heavy atom. The number of nitrogens with one attached hydrogen (secondary N) is 2. The molecule has 0 bridgehead atoms. The molecule has 0 spiro atoms. The van der Waals surface area contributed by atoms with Crippen LogP contribution in [0.5, 0.6) is 0 Å². The van der Waals surface area contributed by atoms with Gasteiger partial charge in [-0.2, -0.15) is 0 Å². The summed E-state index contributed by atoms with van der Waals surface area (Å²) in [6, 6.07) is -0.600. The van der Waals surface area contributed by atoms with Gasteiger partial charge < -0.3 is 20.1 Å². The zero-order chi connectivity index (χ0) is 23.1. The summed E-state index contributed by atoms with van der Waals surface area (Å²) in [6.45, 7) is 4.99. The molecule has 11 nitrogen and oxygen atoms in total. The Morgan fingerprint density at radius 2 is 1.91 bits per heavy atom. The van der Waals surface area contributed by atoms with Crippen LogP contribution in [-0.2, 0) is 16.1 Å². The second kappa shape index (κ2) is 8.38. The van der Waals surface area contributed by atoms with Crippen molar-refractivity contribution in [3.05, 3.63) is 24.5 Å². The van der Waals surface area contributed by atoms with E-state index >= 15 is 0 Å². The van der Waals surface area contributed by atoms with Gasteiger partial charge in [0.2, 0.25) is 11.8 Å². The fraction of sp³-hybridized carbons (Fsp3) is 0.500. The molecule has 2 fully saturated rings. The molecule has 2 N–H and O–H groups in total. The minimum Gasteiger partial charge on any atom is -0.363 e. The lowest BCUT2D eigenvalue weighted by molar-refractivity contribution is -0.139. The van der Waals surface area contributed by atoms with E-state index in [-0.39, 0.29) is 23.8 Å². The fourth-order valence-electron chi connectivity index (χ4n) is 4.43. The summed E-state index contributed by atoms with van der Waals surface area (Å²) in [7, 11) is 1.60. The van der Waals surface area contributed by atoms with Crippen molar-refractivity contribution in [2.45, 2.75) is 51.7 Å². The number of anilines is 1. The molecule has 33 heavy (non-hydrogen) atoms. The van der Waals surface area contributed by atoms with Gasteiger partial charge in [0.05, 0.1) is 5.56 Å². The molecule has 11 heteroatoms. The quantitative estimate of drug-likeness (QED) is 0.573. The first kappa shape index (κ1) is 21.2. The summed E-state index contributed by atoms with van der Waals surface area (Å²) < 4.78 is 2.00. The summed E-state index contributed by atoms with van der Waals surface area (Å²) in [5.41, 5.74) is 2.14. The molecular weight excluding hydrogens is 422 g/mol. The van der Waals surface area contributed by atoms with E-state index in [0.717, 1.165) is 24.2 Å². The number of carbonyl (C=O) groups is 2. The van der Waals surface area contributed by atoms with Crippen LogP contribution in [0.3, 0.4) is 0 Å². The Labute approximate surface area is 191 Å². The minimum absolute atomic E-state index is 0.0567. The van der Waals surface area contributed by atoms with Crippen molar-refractivity contribution in [1.82, 2.24) is 39.7 Å². The zero-order valence-electron chi connectivity index (χ0n) is 18.9. The van der Waals surface area contributed by atoms with Crippen LogP contribution in [0.2, 0.25) is 0 Å². The molecule has 1 saturated carbocycles. The van der Waals surface area contributed by atoms with E-state index in [9.17, 15) is 9.59 Å². The summed E-state index contributed by atoms with van der Waals surface area (Å²) in [5.74, 6) is 1.98. The summed E-state index contributed by atoms with van der Waals surface area (Å²) in [5, 5.41) is 6.12. The Hall–Kier alpha value is -3.63. The van der Waals surface area contributed by atoms with Gasteiger partial charge in [-0.15, -0.1) is 0 Å².